The van der Waals surface area contributed by atoms with Crippen LogP contribution in [0.3, 0.4) is 0 Å². The first-order chi connectivity index (χ1) is 14.4. The van der Waals surface area contributed by atoms with Crippen LogP contribution in [-0.4, -0.2) is 40.7 Å². The highest BCUT2D eigenvalue weighted by molar-refractivity contribution is 7.90. The van der Waals surface area contributed by atoms with Gasteiger partial charge in [0.2, 0.25) is 0 Å². The zero-order chi connectivity index (χ0) is 23.0. The Bertz CT molecular complexity index is 1250. The number of nitrogens with zero attached hydrogens (tertiary/aromatic N) is 4. The van der Waals surface area contributed by atoms with E-state index in [-0.39, 0.29) is 27.1 Å². The summed E-state index contributed by atoms with van der Waals surface area (Å²) in [7, 11) is -4.32. The first kappa shape index (κ1) is 22.8. The van der Waals surface area contributed by atoms with Crippen LogP contribution in [0.1, 0.15) is 16.2 Å². The standard InChI is InChI=1S/C16H10Cl2F3N5O4S/c1-8-14(15(27)24-31(28,29)13-5-2-9(17)7-22-13)23-25-26(8)12-4-3-10(6-11(12)18)30-16(19,20)21/h2-7H,1H3,(H,24,27). The lowest BCUT2D eigenvalue weighted by atomic mass is 10.2. The van der Waals surface area contributed by atoms with E-state index in [0.717, 1.165) is 29.1 Å². The van der Waals surface area contributed by atoms with Crippen molar-refractivity contribution in [2.45, 2.75) is 18.3 Å². The molecule has 0 bridgehead atoms. The van der Waals surface area contributed by atoms with Crippen LogP contribution in [-0.2, 0) is 10.0 Å². The van der Waals surface area contributed by atoms with Crippen LogP contribution in [0.2, 0.25) is 10.0 Å². The Hall–Kier alpha value is -2.90. The fourth-order valence-electron chi connectivity index (χ4n) is 2.37. The lowest BCUT2D eigenvalue weighted by molar-refractivity contribution is -0.274. The van der Waals surface area contributed by atoms with Gasteiger partial charge in [0.05, 0.1) is 21.4 Å². The van der Waals surface area contributed by atoms with Crippen LogP contribution >= 0.6 is 23.2 Å². The van der Waals surface area contributed by atoms with E-state index in [9.17, 15) is 26.4 Å². The van der Waals surface area contributed by atoms with Crippen molar-refractivity contribution >= 4 is 39.1 Å². The van der Waals surface area contributed by atoms with Crippen molar-refractivity contribution in [1.29, 1.82) is 0 Å². The third-order valence-electron chi connectivity index (χ3n) is 3.69. The Morgan fingerprint density at radius 1 is 1.19 bits per heavy atom. The van der Waals surface area contributed by atoms with Gasteiger partial charge in [0.1, 0.15) is 5.75 Å². The summed E-state index contributed by atoms with van der Waals surface area (Å²) in [6.07, 6.45) is -3.81. The van der Waals surface area contributed by atoms with Crippen molar-refractivity contribution in [3.63, 3.8) is 0 Å². The van der Waals surface area contributed by atoms with Crippen molar-refractivity contribution in [2.24, 2.45) is 0 Å². The van der Waals surface area contributed by atoms with Crippen LogP contribution < -0.4 is 9.46 Å². The van der Waals surface area contributed by atoms with E-state index in [1.807, 2.05) is 0 Å². The first-order valence-electron chi connectivity index (χ1n) is 8.04. The van der Waals surface area contributed by atoms with Crippen LogP contribution in [0.5, 0.6) is 5.75 Å². The number of rotatable bonds is 5. The molecule has 9 nitrogen and oxygen atoms in total. The number of carbonyl (C=O) groups excluding carboxylic acids is 1. The number of alkyl halides is 3. The zero-order valence-electron chi connectivity index (χ0n) is 15.2. The van der Waals surface area contributed by atoms with Crippen molar-refractivity contribution in [3.8, 4) is 11.4 Å². The van der Waals surface area contributed by atoms with Crippen LogP contribution in [0.25, 0.3) is 5.69 Å². The number of nitrogens with one attached hydrogen (secondary N) is 1. The molecule has 1 N–H and O–H groups in total. The number of pyridine rings is 1. The van der Waals surface area contributed by atoms with E-state index in [1.54, 1.807) is 4.72 Å². The van der Waals surface area contributed by atoms with Gasteiger partial charge < -0.3 is 4.74 Å². The summed E-state index contributed by atoms with van der Waals surface area (Å²) in [6.45, 7) is 1.39. The molecule has 0 aliphatic heterocycles. The minimum Gasteiger partial charge on any atom is -0.406 e. The molecule has 0 fully saturated rings. The topological polar surface area (TPSA) is 116 Å². The smallest absolute Gasteiger partial charge is 0.406 e. The molecule has 0 spiro atoms. The summed E-state index contributed by atoms with van der Waals surface area (Å²) < 4.78 is 68.2. The lowest BCUT2D eigenvalue weighted by Gasteiger charge is -2.11. The maximum atomic E-state index is 12.4. The molecule has 0 radical (unpaired) electrons. The lowest BCUT2D eigenvalue weighted by Crippen LogP contribution is -2.32. The Morgan fingerprint density at radius 2 is 1.90 bits per heavy atom. The summed E-state index contributed by atoms with van der Waals surface area (Å²) in [4.78, 5) is 16.1. The summed E-state index contributed by atoms with van der Waals surface area (Å²) in [5.74, 6) is -1.66. The van der Waals surface area contributed by atoms with Gasteiger partial charge in [-0.3, -0.25) is 4.79 Å². The summed E-state index contributed by atoms with van der Waals surface area (Å²) >= 11 is 11.7. The molecular formula is C16H10Cl2F3N5O4S. The maximum Gasteiger partial charge on any atom is 0.573 e. The van der Waals surface area contributed by atoms with Crippen molar-refractivity contribution in [2.75, 3.05) is 0 Å². The van der Waals surface area contributed by atoms with Gasteiger partial charge >= 0.3 is 6.36 Å². The van der Waals surface area contributed by atoms with Gasteiger partial charge in [0.25, 0.3) is 15.9 Å². The van der Waals surface area contributed by atoms with Gasteiger partial charge in [-0.2, -0.15) is 8.42 Å². The molecule has 15 heteroatoms. The van der Waals surface area contributed by atoms with E-state index in [2.05, 4.69) is 20.0 Å². The molecule has 0 saturated carbocycles. The highest BCUT2D eigenvalue weighted by Crippen LogP contribution is 2.30. The molecular weight excluding hydrogens is 486 g/mol. The summed E-state index contributed by atoms with van der Waals surface area (Å²) in [6, 6.07) is 5.45. The van der Waals surface area contributed by atoms with Crippen molar-refractivity contribution in [3.05, 3.63) is 58.0 Å². The number of sulfonamides is 1. The number of ether oxygens (including phenoxy) is 1. The number of amides is 1. The van der Waals surface area contributed by atoms with E-state index >= 15 is 0 Å². The Balaban J connectivity index is 1.86. The molecule has 0 saturated heterocycles. The van der Waals surface area contributed by atoms with E-state index < -0.39 is 33.1 Å². The van der Waals surface area contributed by atoms with Crippen molar-refractivity contribution < 1.29 is 31.1 Å². The molecule has 0 unspecified atom stereocenters. The van der Waals surface area contributed by atoms with E-state index in [0.29, 0.717) is 0 Å². The predicted molar refractivity (Wildman–Crippen MR) is 102 cm³/mol. The summed E-state index contributed by atoms with van der Waals surface area (Å²) in [5, 5.41) is 6.92. The number of hydrogen-bond acceptors (Lipinski definition) is 7. The van der Waals surface area contributed by atoms with E-state index in [4.69, 9.17) is 23.2 Å². The van der Waals surface area contributed by atoms with E-state index in [1.165, 1.54) is 19.1 Å². The largest absolute Gasteiger partial charge is 0.573 e. The number of aromatic nitrogens is 4. The highest BCUT2D eigenvalue weighted by atomic mass is 35.5. The van der Waals surface area contributed by atoms with Gasteiger partial charge in [0.15, 0.2) is 10.7 Å². The van der Waals surface area contributed by atoms with Gasteiger partial charge in [-0.15, -0.1) is 18.3 Å². The van der Waals surface area contributed by atoms with Crippen LogP contribution in [0.15, 0.2) is 41.6 Å². The molecule has 0 atom stereocenters. The van der Waals surface area contributed by atoms with Crippen LogP contribution in [0.4, 0.5) is 13.2 Å². The molecule has 31 heavy (non-hydrogen) atoms. The van der Waals surface area contributed by atoms with Crippen LogP contribution in [0, 0.1) is 6.92 Å². The molecule has 164 valence electrons. The average molecular weight is 496 g/mol. The molecule has 0 aliphatic rings. The van der Waals surface area contributed by atoms with Gasteiger partial charge in [-0.1, -0.05) is 28.4 Å². The third-order valence-corrected chi connectivity index (χ3v) is 5.47. The molecule has 3 aromatic rings. The monoisotopic (exact) mass is 495 g/mol. The van der Waals surface area contributed by atoms with Gasteiger partial charge in [-0.25, -0.2) is 14.4 Å². The fraction of sp³-hybridized carbons (Fsp3) is 0.125. The number of halogens is 5. The molecule has 1 aromatic carbocycles. The number of carbonyl (C=O) groups is 1. The Kier molecular flexibility index (Phi) is 6.11. The van der Waals surface area contributed by atoms with Gasteiger partial charge in [0, 0.05) is 12.3 Å². The number of benzene rings is 1. The quantitative estimate of drug-likeness (QED) is 0.577. The van der Waals surface area contributed by atoms with Crippen molar-refractivity contribution in [1.82, 2.24) is 24.7 Å². The molecule has 0 aliphatic carbocycles. The molecule has 3 rings (SSSR count). The second kappa shape index (κ2) is 8.32. The fourth-order valence-corrected chi connectivity index (χ4v) is 3.61. The maximum absolute atomic E-state index is 12.4. The normalized spacial score (nSPS) is 11.9. The molecule has 1 amide bonds. The second-order valence-corrected chi connectivity index (χ2v) is 8.32. The predicted octanol–water partition coefficient (Wildman–Crippen LogP) is 3.29. The first-order valence-corrected chi connectivity index (χ1v) is 10.3. The molecule has 2 heterocycles. The summed E-state index contributed by atoms with van der Waals surface area (Å²) in [5.41, 5.74) is -0.199. The minimum atomic E-state index is -4.90. The molecule has 2 aromatic heterocycles. The zero-order valence-corrected chi connectivity index (χ0v) is 17.5. The second-order valence-electron chi connectivity index (χ2n) is 5.85. The highest BCUT2D eigenvalue weighted by Gasteiger charge is 2.31. The Labute approximate surface area is 182 Å². The SMILES string of the molecule is Cc1c(C(=O)NS(=O)(=O)c2ccc(Cl)cn2)nnn1-c1ccc(OC(F)(F)F)cc1Cl. The third kappa shape index (κ3) is 5.24. The average Bonchev–Trinajstić information content (AvgIpc) is 3.02. The minimum absolute atomic E-state index is 0.0724. The number of hydrogen-bond donors (Lipinski definition) is 1. The van der Waals surface area contributed by atoms with Gasteiger partial charge in [-0.05, 0) is 31.2 Å². The Morgan fingerprint density at radius 3 is 2.48 bits per heavy atom.